The fourth-order valence-corrected chi connectivity index (χ4v) is 2.99. The SMILES string of the molecule is C[C@@H](Oc1ccccc1CN1CCN(c2cc(=O)[nH]c(N)n2)CC1)C(=O)O. The molecule has 1 atom stereocenters. The fourth-order valence-electron chi connectivity index (χ4n) is 2.99. The maximum absolute atomic E-state index is 11.6. The van der Waals surface area contributed by atoms with Crippen molar-refractivity contribution in [3.05, 3.63) is 46.2 Å². The van der Waals surface area contributed by atoms with Gasteiger partial charge in [0.15, 0.2) is 6.10 Å². The first kappa shape index (κ1) is 18.7. The van der Waals surface area contributed by atoms with Crippen LogP contribution in [0.5, 0.6) is 5.75 Å². The second-order valence-electron chi connectivity index (χ2n) is 6.46. The second kappa shape index (κ2) is 8.09. The van der Waals surface area contributed by atoms with E-state index in [0.29, 0.717) is 31.2 Å². The first-order chi connectivity index (χ1) is 12.9. The highest BCUT2D eigenvalue weighted by Gasteiger charge is 2.21. The van der Waals surface area contributed by atoms with Crippen LogP contribution in [0.4, 0.5) is 11.8 Å². The Morgan fingerprint density at radius 3 is 2.70 bits per heavy atom. The lowest BCUT2D eigenvalue weighted by atomic mass is 10.1. The molecule has 1 aromatic carbocycles. The Labute approximate surface area is 156 Å². The van der Waals surface area contributed by atoms with E-state index in [-0.39, 0.29) is 11.5 Å². The summed E-state index contributed by atoms with van der Waals surface area (Å²) in [5, 5.41) is 9.05. The van der Waals surface area contributed by atoms with Gasteiger partial charge in [-0.2, -0.15) is 4.98 Å². The number of carboxylic acids is 1. The van der Waals surface area contributed by atoms with Crippen LogP contribution in [-0.4, -0.2) is 58.2 Å². The smallest absolute Gasteiger partial charge is 0.344 e. The molecule has 2 aromatic rings. The van der Waals surface area contributed by atoms with Crippen LogP contribution in [0.3, 0.4) is 0 Å². The van der Waals surface area contributed by atoms with Crippen LogP contribution in [-0.2, 0) is 11.3 Å². The molecule has 0 unspecified atom stereocenters. The minimum atomic E-state index is -0.997. The van der Waals surface area contributed by atoms with E-state index in [1.54, 1.807) is 6.07 Å². The van der Waals surface area contributed by atoms with Gasteiger partial charge in [0.1, 0.15) is 11.6 Å². The van der Waals surface area contributed by atoms with Crippen molar-refractivity contribution in [2.24, 2.45) is 0 Å². The number of aromatic amines is 1. The number of H-pyrrole nitrogens is 1. The number of benzene rings is 1. The topological polar surface area (TPSA) is 125 Å². The van der Waals surface area contributed by atoms with Gasteiger partial charge in [0.2, 0.25) is 5.95 Å². The number of piperazine rings is 1. The number of nitrogen functional groups attached to an aromatic ring is 1. The number of nitrogens with one attached hydrogen (secondary N) is 1. The lowest BCUT2D eigenvalue weighted by Gasteiger charge is -2.35. The van der Waals surface area contributed by atoms with Crippen LogP contribution < -0.4 is 20.9 Å². The van der Waals surface area contributed by atoms with E-state index in [2.05, 4.69) is 14.9 Å². The average molecular weight is 373 g/mol. The summed E-state index contributed by atoms with van der Waals surface area (Å²) in [6.45, 7) is 5.14. The molecule has 1 aromatic heterocycles. The highest BCUT2D eigenvalue weighted by molar-refractivity contribution is 5.72. The average Bonchev–Trinajstić information content (AvgIpc) is 2.63. The summed E-state index contributed by atoms with van der Waals surface area (Å²) >= 11 is 0. The number of carbonyl (C=O) groups is 1. The van der Waals surface area contributed by atoms with Gasteiger partial charge in [0.25, 0.3) is 5.56 Å². The zero-order valence-corrected chi connectivity index (χ0v) is 15.1. The van der Waals surface area contributed by atoms with Crippen molar-refractivity contribution in [1.29, 1.82) is 0 Å². The summed E-state index contributed by atoms with van der Waals surface area (Å²) in [6, 6.07) is 8.91. The number of aromatic nitrogens is 2. The number of aliphatic carboxylic acids is 1. The largest absolute Gasteiger partial charge is 0.479 e. The van der Waals surface area contributed by atoms with Gasteiger partial charge in [-0.3, -0.25) is 14.7 Å². The number of ether oxygens (including phenoxy) is 1. The van der Waals surface area contributed by atoms with Crippen molar-refractivity contribution >= 4 is 17.7 Å². The molecule has 27 heavy (non-hydrogen) atoms. The molecule has 0 spiro atoms. The Hall–Kier alpha value is -3.07. The number of hydrogen-bond acceptors (Lipinski definition) is 7. The lowest BCUT2D eigenvalue weighted by molar-refractivity contribution is -0.144. The summed E-state index contributed by atoms with van der Waals surface area (Å²) < 4.78 is 5.57. The van der Waals surface area contributed by atoms with Gasteiger partial charge in [0.05, 0.1) is 0 Å². The van der Waals surface area contributed by atoms with Gasteiger partial charge in [-0.25, -0.2) is 4.79 Å². The van der Waals surface area contributed by atoms with Gasteiger partial charge in [-0.05, 0) is 13.0 Å². The van der Waals surface area contributed by atoms with Crippen LogP contribution in [0.25, 0.3) is 0 Å². The van der Waals surface area contributed by atoms with Crippen LogP contribution in [0.15, 0.2) is 35.1 Å². The minimum absolute atomic E-state index is 0.110. The van der Waals surface area contributed by atoms with E-state index in [4.69, 9.17) is 15.6 Å². The molecule has 0 bridgehead atoms. The van der Waals surface area contributed by atoms with E-state index >= 15 is 0 Å². The lowest BCUT2D eigenvalue weighted by Crippen LogP contribution is -2.46. The molecule has 0 amide bonds. The van der Waals surface area contributed by atoms with Crippen LogP contribution in [0.2, 0.25) is 0 Å². The van der Waals surface area contributed by atoms with Gasteiger partial charge in [0, 0.05) is 44.4 Å². The van der Waals surface area contributed by atoms with Crippen molar-refractivity contribution in [3.8, 4) is 5.75 Å². The highest BCUT2D eigenvalue weighted by atomic mass is 16.5. The Morgan fingerprint density at radius 1 is 1.33 bits per heavy atom. The maximum atomic E-state index is 11.6. The van der Waals surface area contributed by atoms with E-state index in [1.807, 2.05) is 23.1 Å². The van der Waals surface area contributed by atoms with E-state index < -0.39 is 12.1 Å². The minimum Gasteiger partial charge on any atom is -0.479 e. The zero-order valence-electron chi connectivity index (χ0n) is 15.1. The van der Waals surface area contributed by atoms with Crippen LogP contribution >= 0.6 is 0 Å². The monoisotopic (exact) mass is 373 g/mol. The molecule has 9 nitrogen and oxygen atoms in total. The number of para-hydroxylation sites is 1. The van der Waals surface area contributed by atoms with Crippen molar-refractivity contribution in [2.75, 3.05) is 36.8 Å². The number of rotatable bonds is 6. The molecule has 1 aliphatic rings. The summed E-state index contributed by atoms with van der Waals surface area (Å²) in [5.74, 6) is 0.273. The van der Waals surface area contributed by atoms with Gasteiger partial charge < -0.3 is 20.5 Å². The zero-order chi connectivity index (χ0) is 19.4. The normalized spacial score (nSPS) is 16.1. The quantitative estimate of drug-likeness (QED) is 0.670. The molecule has 0 saturated carbocycles. The third kappa shape index (κ3) is 4.76. The molecule has 0 aliphatic carbocycles. The number of nitrogens with two attached hydrogens (primary N) is 1. The first-order valence-corrected chi connectivity index (χ1v) is 8.74. The Kier molecular flexibility index (Phi) is 5.60. The van der Waals surface area contributed by atoms with Crippen molar-refractivity contribution < 1.29 is 14.6 Å². The van der Waals surface area contributed by atoms with Gasteiger partial charge in [-0.15, -0.1) is 0 Å². The molecule has 4 N–H and O–H groups in total. The third-order valence-corrected chi connectivity index (χ3v) is 4.46. The summed E-state index contributed by atoms with van der Waals surface area (Å²) in [6.07, 6.45) is -0.907. The second-order valence-corrected chi connectivity index (χ2v) is 6.46. The highest BCUT2D eigenvalue weighted by Crippen LogP contribution is 2.22. The van der Waals surface area contributed by atoms with E-state index in [1.165, 1.54) is 13.0 Å². The van der Waals surface area contributed by atoms with Crippen molar-refractivity contribution in [1.82, 2.24) is 14.9 Å². The van der Waals surface area contributed by atoms with Gasteiger partial charge in [-0.1, -0.05) is 18.2 Å². The van der Waals surface area contributed by atoms with E-state index in [0.717, 1.165) is 18.7 Å². The summed E-state index contributed by atoms with van der Waals surface area (Å²) in [7, 11) is 0. The summed E-state index contributed by atoms with van der Waals surface area (Å²) in [5.41, 5.74) is 6.29. The molecular formula is C18H23N5O4. The predicted octanol–water partition coefficient (Wildman–Crippen LogP) is 0.526. The standard InChI is InChI=1S/C18H23N5O4/c1-12(17(25)26)27-14-5-3-2-4-13(14)11-22-6-8-23(9-7-22)15-10-16(24)21-18(19)20-15/h2-5,10,12H,6-9,11H2,1H3,(H,25,26)(H3,19,20,21,24)/t12-/m1/s1. The third-order valence-electron chi connectivity index (χ3n) is 4.46. The molecule has 1 saturated heterocycles. The number of anilines is 2. The fraction of sp³-hybridized carbons (Fsp3) is 0.389. The van der Waals surface area contributed by atoms with Gasteiger partial charge >= 0.3 is 5.97 Å². The predicted molar refractivity (Wildman–Crippen MR) is 101 cm³/mol. The number of hydrogen-bond donors (Lipinski definition) is 3. The molecule has 2 heterocycles. The molecule has 0 radical (unpaired) electrons. The molecule has 1 aliphatic heterocycles. The van der Waals surface area contributed by atoms with E-state index in [9.17, 15) is 9.59 Å². The van der Waals surface area contributed by atoms with Crippen LogP contribution in [0.1, 0.15) is 12.5 Å². The van der Waals surface area contributed by atoms with Crippen molar-refractivity contribution in [3.63, 3.8) is 0 Å². The molecule has 144 valence electrons. The number of carboxylic acid groups (broad SMARTS) is 1. The Balaban J connectivity index is 1.63. The molecule has 1 fully saturated rings. The van der Waals surface area contributed by atoms with Crippen LogP contribution in [0, 0.1) is 0 Å². The first-order valence-electron chi connectivity index (χ1n) is 8.74. The molecule has 9 heteroatoms. The van der Waals surface area contributed by atoms with Crippen molar-refractivity contribution in [2.45, 2.75) is 19.6 Å². The number of nitrogens with zero attached hydrogens (tertiary/aromatic N) is 3. The molecular weight excluding hydrogens is 350 g/mol. The summed E-state index contributed by atoms with van der Waals surface area (Å²) in [4.78, 5) is 33.5. The molecule has 3 rings (SSSR count). The Bertz CT molecular complexity index is 861. The Morgan fingerprint density at radius 2 is 2.04 bits per heavy atom. The maximum Gasteiger partial charge on any atom is 0.344 e.